The largest absolute Gasteiger partial charge is 0.373 e. The normalized spacial score (nSPS) is 28.7. The summed E-state index contributed by atoms with van der Waals surface area (Å²) in [5.41, 5.74) is 0. The first kappa shape index (κ1) is 5.32. The molecule has 1 aliphatic rings. The molecule has 0 aliphatic carbocycles. The van der Waals surface area contributed by atoms with Gasteiger partial charge in [-0.3, -0.25) is 0 Å². The first-order valence-electron chi connectivity index (χ1n) is 2.90. The van der Waals surface area contributed by atoms with Gasteiger partial charge in [0.2, 0.25) is 0 Å². The molecule has 1 rings (SSSR count). The molecule has 2 heteroatoms. The Labute approximate surface area is 46.3 Å². The second-order valence-corrected chi connectivity index (χ2v) is 5.84. The van der Waals surface area contributed by atoms with E-state index in [1.54, 1.807) is 0 Å². The van der Waals surface area contributed by atoms with Crippen molar-refractivity contribution in [2.75, 3.05) is 6.61 Å². The number of hydrogen-bond acceptors (Lipinski definition) is 1. The summed E-state index contributed by atoms with van der Waals surface area (Å²) in [6.07, 6.45) is 0.687. The van der Waals surface area contributed by atoms with Crippen LogP contribution in [0.3, 0.4) is 0 Å². The van der Waals surface area contributed by atoms with E-state index in [1.807, 2.05) is 0 Å². The van der Waals surface area contributed by atoms with E-state index in [9.17, 15) is 0 Å². The quantitative estimate of drug-likeness (QED) is 0.385. The van der Waals surface area contributed by atoms with Crippen LogP contribution in [0.2, 0.25) is 19.1 Å². The maximum Gasteiger partial charge on any atom is 0.0784 e. The fourth-order valence-corrected chi connectivity index (χ4v) is 2.05. The van der Waals surface area contributed by atoms with Crippen LogP contribution in [-0.2, 0) is 4.74 Å². The van der Waals surface area contributed by atoms with Gasteiger partial charge in [0.25, 0.3) is 0 Å². The van der Waals surface area contributed by atoms with Crippen molar-refractivity contribution in [1.29, 1.82) is 0 Å². The molecular weight excluding hydrogens is 104 g/mol. The lowest BCUT2D eigenvalue weighted by atomic mass is 10.6. The molecule has 0 saturated carbocycles. The first-order chi connectivity index (χ1) is 3.29. The maximum atomic E-state index is 5.05. The molecule has 0 aromatic heterocycles. The summed E-state index contributed by atoms with van der Waals surface area (Å²) in [4.78, 5) is 0. The molecule has 0 aromatic carbocycles. The molecule has 0 amide bonds. The smallest absolute Gasteiger partial charge is 0.0784 e. The summed E-state index contributed by atoms with van der Waals surface area (Å²) < 4.78 is 5.05. The molecule has 1 fully saturated rings. The Morgan fingerprint density at radius 1 is 1.71 bits per heavy atom. The molecular formula is C5H12OSi. The van der Waals surface area contributed by atoms with E-state index in [4.69, 9.17) is 4.74 Å². The van der Waals surface area contributed by atoms with Crippen molar-refractivity contribution in [3.05, 3.63) is 0 Å². The molecule has 0 aromatic rings. The minimum absolute atomic E-state index is 0.291. The highest BCUT2D eigenvalue weighted by Gasteiger charge is 2.22. The van der Waals surface area contributed by atoms with Gasteiger partial charge < -0.3 is 4.74 Å². The van der Waals surface area contributed by atoms with Crippen LogP contribution in [0.5, 0.6) is 0 Å². The molecule has 0 radical (unpaired) electrons. The standard InChI is InChI=1S/C5H12OSi/c1-7(2)4-5-3-6-5/h5,7H,3-4H2,1-2H3. The molecule has 7 heavy (non-hydrogen) atoms. The average Bonchev–Trinajstić information content (AvgIpc) is 2.17. The molecule has 42 valence electrons. The molecule has 0 bridgehead atoms. The van der Waals surface area contributed by atoms with Crippen LogP contribution in [0.1, 0.15) is 0 Å². The number of hydrogen-bond donors (Lipinski definition) is 0. The molecule has 0 spiro atoms. The highest BCUT2D eigenvalue weighted by Crippen LogP contribution is 2.15. The van der Waals surface area contributed by atoms with Crippen molar-refractivity contribution in [3.63, 3.8) is 0 Å². The summed E-state index contributed by atoms with van der Waals surface area (Å²) in [6, 6.07) is 1.39. The third-order valence-electron chi connectivity index (χ3n) is 1.14. The highest BCUT2D eigenvalue weighted by molar-refractivity contribution is 6.55. The lowest BCUT2D eigenvalue weighted by Gasteiger charge is -1.93. The molecule has 0 N–H and O–H groups in total. The van der Waals surface area contributed by atoms with Crippen molar-refractivity contribution in [2.45, 2.75) is 25.2 Å². The highest BCUT2D eigenvalue weighted by atomic mass is 28.3. The topological polar surface area (TPSA) is 12.5 Å². The van der Waals surface area contributed by atoms with Gasteiger partial charge in [0.1, 0.15) is 0 Å². The van der Waals surface area contributed by atoms with Crippen LogP contribution in [0, 0.1) is 0 Å². The second kappa shape index (κ2) is 1.97. The van der Waals surface area contributed by atoms with Gasteiger partial charge in [-0.2, -0.15) is 0 Å². The molecule has 1 unspecified atom stereocenters. The van der Waals surface area contributed by atoms with Crippen molar-refractivity contribution in [1.82, 2.24) is 0 Å². The first-order valence-corrected chi connectivity index (χ1v) is 6.03. The van der Waals surface area contributed by atoms with Gasteiger partial charge in [-0.1, -0.05) is 13.1 Å². The fraction of sp³-hybridized carbons (Fsp3) is 1.00. The Kier molecular flexibility index (Phi) is 1.49. The molecule has 1 heterocycles. The lowest BCUT2D eigenvalue weighted by molar-refractivity contribution is 0.422. The predicted octanol–water partition coefficient (Wildman–Crippen LogP) is 0.872. The van der Waals surface area contributed by atoms with Crippen LogP contribution in [0.25, 0.3) is 0 Å². The van der Waals surface area contributed by atoms with E-state index < -0.39 is 0 Å². The third-order valence-corrected chi connectivity index (χ3v) is 2.61. The number of rotatable bonds is 2. The van der Waals surface area contributed by atoms with E-state index >= 15 is 0 Å². The zero-order valence-corrected chi connectivity index (χ0v) is 6.13. The van der Waals surface area contributed by atoms with Crippen molar-refractivity contribution < 1.29 is 4.74 Å². The summed E-state index contributed by atoms with van der Waals surface area (Å²) in [7, 11) is -0.291. The zero-order chi connectivity index (χ0) is 5.28. The van der Waals surface area contributed by atoms with E-state index in [-0.39, 0.29) is 8.80 Å². The Bertz CT molecular complexity index is 59.1. The fourth-order valence-electron chi connectivity index (χ4n) is 0.730. The minimum atomic E-state index is -0.291. The summed E-state index contributed by atoms with van der Waals surface area (Å²) in [5, 5.41) is 0. The lowest BCUT2D eigenvalue weighted by Crippen LogP contribution is -2.02. The summed E-state index contributed by atoms with van der Waals surface area (Å²) in [6.45, 7) is 5.77. The van der Waals surface area contributed by atoms with Gasteiger partial charge in [0, 0.05) is 8.80 Å². The van der Waals surface area contributed by atoms with Gasteiger partial charge in [-0.15, -0.1) is 0 Å². The molecule has 1 aliphatic heterocycles. The number of epoxide rings is 1. The van der Waals surface area contributed by atoms with E-state index in [1.165, 1.54) is 6.04 Å². The van der Waals surface area contributed by atoms with Gasteiger partial charge in [-0.25, -0.2) is 0 Å². The summed E-state index contributed by atoms with van der Waals surface area (Å²) in [5.74, 6) is 0. The van der Waals surface area contributed by atoms with Crippen molar-refractivity contribution in [2.24, 2.45) is 0 Å². The molecule has 1 saturated heterocycles. The van der Waals surface area contributed by atoms with Crippen LogP contribution >= 0.6 is 0 Å². The minimum Gasteiger partial charge on any atom is -0.373 e. The Balaban J connectivity index is 1.97. The second-order valence-electron chi connectivity index (χ2n) is 2.58. The molecule has 1 atom stereocenters. The third kappa shape index (κ3) is 2.09. The van der Waals surface area contributed by atoms with E-state index in [0.717, 1.165) is 6.61 Å². The van der Waals surface area contributed by atoms with Gasteiger partial charge in [0.15, 0.2) is 0 Å². The van der Waals surface area contributed by atoms with Crippen molar-refractivity contribution in [3.8, 4) is 0 Å². The monoisotopic (exact) mass is 116 g/mol. The van der Waals surface area contributed by atoms with E-state index in [0.29, 0.717) is 6.10 Å². The number of ether oxygens (including phenoxy) is 1. The Morgan fingerprint density at radius 3 is 2.43 bits per heavy atom. The van der Waals surface area contributed by atoms with Crippen LogP contribution < -0.4 is 0 Å². The SMILES string of the molecule is C[SiH](C)CC1CO1. The van der Waals surface area contributed by atoms with Crippen LogP contribution in [0.15, 0.2) is 0 Å². The molecule has 1 nitrogen and oxygen atoms in total. The predicted molar refractivity (Wildman–Crippen MR) is 33.4 cm³/mol. The average molecular weight is 116 g/mol. The Morgan fingerprint density at radius 2 is 2.29 bits per heavy atom. The van der Waals surface area contributed by atoms with E-state index in [2.05, 4.69) is 13.1 Å². The van der Waals surface area contributed by atoms with Gasteiger partial charge in [0.05, 0.1) is 12.7 Å². The van der Waals surface area contributed by atoms with Crippen molar-refractivity contribution >= 4 is 8.80 Å². The zero-order valence-electron chi connectivity index (χ0n) is 4.98. The van der Waals surface area contributed by atoms with Gasteiger partial charge in [-0.05, 0) is 6.04 Å². The van der Waals surface area contributed by atoms with Crippen LogP contribution in [0.4, 0.5) is 0 Å². The summed E-state index contributed by atoms with van der Waals surface area (Å²) >= 11 is 0. The van der Waals surface area contributed by atoms with Gasteiger partial charge >= 0.3 is 0 Å². The van der Waals surface area contributed by atoms with Crippen LogP contribution in [-0.4, -0.2) is 21.5 Å². The Hall–Kier alpha value is 0.177. The maximum absolute atomic E-state index is 5.05.